The van der Waals surface area contributed by atoms with Gasteiger partial charge in [0.2, 0.25) is 0 Å². The lowest BCUT2D eigenvalue weighted by Crippen LogP contribution is -2.42. The van der Waals surface area contributed by atoms with Gasteiger partial charge in [0, 0.05) is 5.92 Å². The Morgan fingerprint density at radius 2 is 2.12 bits per heavy atom. The molecule has 1 aromatic rings. The van der Waals surface area contributed by atoms with Crippen LogP contribution in [0.1, 0.15) is 32.6 Å². The van der Waals surface area contributed by atoms with Gasteiger partial charge in [-0.05, 0) is 36.8 Å². The predicted molar refractivity (Wildman–Crippen MR) is 66.5 cm³/mol. The Hall–Kier alpha value is -1.02. The highest BCUT2D eigenvalue weighted by atomic mass is 16.5. The lowest BCUT2D eigenvalue weighted by atomic mass is 9.65. The monoisotopic (exact) mass is 232 g/mol. The lowest BCUT2D eigenvalue weighted by Gasteiger charge is -2.46. The molecule has 0 spiro atoms. The second-order valence-electron chi connectivity index (χ2n) is 5.59. The van der Waals surface area contributed by atoms with Crippen LogP contribution < -0.4 is 0 Å². The van der Waals surface area contributed by atoms with Crippen molar-refractivity contribution < 1.29 is 9.15 Å². The lowest BCUT2D eigenvalue weighted by molar-refractivity contribution is -0.101. The minimum atomic E-state index is 0.111. The van der Waals surface area contributed by atoms with Crippen molar-refractivity contribution in [2.45, 2.75) is 26.9 Å². The second kappa shape index (κ2) is 4.02. The van der Waals surface area contributed by atoms with Crippen molar-refractivity contribution >= 4 is 0 Å². The summed E-state index contributed by atoms with van der Waals surface area (Å²) in [6.07, 6.45) is 4.27. The standard InChI is InChI=1S/C15H20O2/c1-9-7-10(2)14-11(3)12(9)8-17-15(14)13-5-4-6-16-13/h4-7,9,11-12,14-15H,8H2,1-3H3/t9-,11-,12+,14-,15+/m1/s1. The molecule has 0 unspecified atom stereocenters. The maximum atomic E-state index is 6.07. The van der Waals surface area contributed by atoms with E-state index in [1.165, 1.54) is 5.57 Å². The maximum Gasteiger partial charge on any atom is 0.133 e. The van der Waals surface area contributed by atoms with Crippen molar-refractivity contribution in [3.05, 3.63) is 35.8 Å². The number of hydrogen-bond donors (Lipinski definition) is 0. The molecule has 0 radical (unpaired) electrons. The van der Waals surface area contributed by atoms with Gasteiger partial charge in [-0.15, -0.1) is 0 Å². The molecule has 2 nitrogen and oxygen atoms in total. The third kappa shape index (κ3) is 1.66. The molecule has 5 atom stereocenters. The van der Waals surface area contributed by atoms with E-state index >= 15 is 0 Å². The summed E-state index contributed by atoms with van der Waals surface area (Å²) in [5.41, 5.74) is 1.46. The van der Waals surface area contributed by atoms with Crippen molar-refractivity contribution in [1.82, 2.24) is 0 Å². The fourth-order valence-corrected chi connectivity index (χ4v) is 3.66. The van der Waals surface area contributed by atoms with Crippen LogP contribution in [0.2, 0.25) is 0 Å². The molecule has 2 heterocycles. The summed E-state index contributed by atoms with van der Waals surface area (Å²) in [6, 6.07) is 3.98. The van der Waals surface area contributed by atoms with E-state index < -0.39 is 0 Å². The summed E-state index contributed by atoms with van der Waals surface area (Å²) in [5.74, 6) is 3.44. The molecule has 2 aliphatic rings. The molecule has 17 heavy (non-hydrogen) atoms. The molecule has 1 aliphatic heterocycles. The van der Waals surface area contributed by atoms with Gasteiger partial charge in [-0.2, -0.15) is 0 Å². The number of fused-ring (bicyclic) bond motifs is 2. The van der Waals surface area contributed by atoms with Gasteiger partial charge in [-0.1, -0.05) is 25.5 Å². The van der Waals surface area contributed by atoms with Crippen LogP contribution in [-0.4, -0.2) is 6.61 Å². The Balaban J connectivity index is 1.97. The molecular weight excluding hydrogens is 212 g/mol. The Labute approximate surface area is 103 Å². The van der Waals surface area contributed by atoms with Gasteiger partial charge in [0.05, 0.1) is 12.9 Å². The van der Waals surface area contributed by atoms with Crippen LogP contribution >= 0.6 is 0 Å². The van der Waals surface area contributed by atoms with Crippen LogP contribution in [0.3, 0.4) is 0 Å². The van der Waals surface area contributed by atoms with E-state index in [2.05, 4.69) is 26.8 Å². The molecular formula is C15H20O2. The Kier molecular flexibility index (Phi) is 2.62. The number of rotatable bonds is 1. The summed E-state index contributed by atoms with van der Waals surface area (Å²) in [4.78, 5) is 0. The summed E-state index contributed by atoms with van der Waals surface area (Å²) in [5, 5.41) is 0. The first kappa shape index (κ1) is 11.1. The van der Waals surface area contributed by atoms with Crippen LogP contribution in [0.15, 0.2) is 34.5 Å². The fraction of sp³-hybridized carbons (Fsp3) is 0.600. The zero-order chi connectivity index (χ0) is 12.0. The largest absolute Gasteiger partial charge is 0.467 e. The van der Waals surface area contributed by atoms with Gasteiger partial charge in [-0.3, -0.25) is 0 Å². The average Bonchev–Trinajstić information content (AvgIpc) is 2.78. The summed E-state index contributed by atoms with van der Waals surface area (Å²) in [6.45, 7) is 7.75. The molecule has 92 valence electrons. The molecule has 3 rings (SSSR count). The van der Waals surface area contributed by atoms with E-state index in [0.717, 1.165) is 12.4 Å². The third-order valence-electron chi connectivity index (χ3n) is 4.59. The average molecular weight is 232 g/mol. The number of furan rings is 1. The van der Waals surface area contributed by atoms with Gasteiger partial charge in [0.1, 0.15) is 11.9 Å². The highest BCUT2D eigenvalue weighted by molar-refractivity contribution is 5.20. The highest BCUT2D eigenvalue weighted by Crippen LogP contribution is 2.49. The normalized spacial score (nSPS) is 41.1. The molecule has 1 fully saturated rings. The van der Waals surface area contributed by atoms with Crippen molar-refractivity contribution in [2.24, 2.45) is 23.7 Å². The van der Waals surface area contributed by atoms with Crippen LogP contribution in [0.25, 0.3) is 0 Å². The van der Waals surface area contributed by atoms with Gasteiger partial charge in [-0.25, -0.2) is 0 Å². The smallest absolute Gasteiger partial charge is 0.133 e. The number of ether oxygens (including phenoxy) is 1. The van der Waals surface area contributed by atoms with Crippen LogP contribution in [0.5, 0.6) is 0 Å². The fourth-order valence-electron chi connectivity index (χ4n) is 3.66. The molecule has 2 heteroatoms. The van der Waals surface area contributed by atoms with Crippen LogP contribution in [0, 0.1) is 23.7 Å². The molecule has 1 aromatic heterocycles. The molecule has 0 aromatic carbocycles. The van der Waals surface area contributed by atoms with E-state index in [-0.39, 0.29) is 6.10 Å². The first-order valence-corrected chi connectivity index (χ1v) is 6.52. The quantitative estimate of drug-likeness (QED) is 0.687. The van der Waals surface area contributed by atoms with Crippen molar-refractivity contribution in [3.63, 3.8) is 0 Å². The van der Waals surface area contributed by atoms with Gasteiger partial charge in [0.25, 0.3) is 0 Å². The molecule has 0 N–H and O–H groups in total. The number of allylic oxidation sites excluding steroid dienone is 1. The zero-order valence-corrected chi connectivity index (χ0v) is 10.7. The summed E-state index contributed by atoms with van der Waals surface area (Å²) >= 11 is 0. The first-order chi connectivity index (χ1) is 8.18. The minimum absolute atomic E-state index is 0.111. The molecule has 1 saturated heterocycles. The zero-order valence-electron chi connectivity index (χ0n) is 10.7. The summed E-state index contributed by atoms with van der Waals surface area (Å²) < 4.78 is 11.6. The van der Waals surface area contributed by atoms with Gasteiger partial charge >= 0.3 is 0 Å². The SMILES string of the molecule is CC1=C[C@@H](C)[C@@H]2CO[C@@H](c3ccco3)[C@H]1[C@@H]2C. The molecule has 2 bridgehead atoms. The maximum absolute atomic E-state index is 6.07. The van der Waals surface area contributed by atoms with Crippen molar-refractivity contribution in [2.75, 3.05) is 6.61 Å². The Morgan fingerprint density at radius 1 is 1.29 bits per heavy atom. The van der Waals surface area contributed by atoms with Gasteiger partial charge < -0.3 is 9.15 Å². The van der Waals surface area contributed by atoms with E-state index in [1.54, 1.807) is 6.26 Å². The minimum Gasteiger partial charge on any atom is -0.467 e. The van der Waals surface area contributed by atoms with E-state index in [9.17, 15) is 0 Å². The van der Waals surface area contributed by atoms with Gasteiger partial charge in [0.15, 0.2) is 0 Å². The van der Waals surface area contributed by atoms with Crippen molar-refractivity contribution in [3.8, 4) is 0 Å². The number of hydrogen-bond acceptors (Lipinski definition) is 2. The van der Waals surface area contributed by atoms with Crippen LogP contribution in [-0.2, 0) is 4.74 Å². The predicted octanol–water partition coefficient (Wildman–Crippen LogP) is 3.82. The van der Waals surface area contributed by atoms with E-state index in [4.69, 9.17) is 9.15 Å². The molecule has 0 saturated carbocycles. The molecule has 1 aliphatic carbocycles. The third-order valence-corrected chi connectivity index (χ3v) is 4.59. The summed E-state index contributed by atoms with van der Waals surface area (Å²) in [7, 11) is 0. The molecule has 0 amide bonds. The Bertz CT molecular complexity index is 418. The van der Waals surface area contributed by atoms with E-state index in [0.29, 0.717) is 23.7 Å². The van der Waals surface area contributed by atoms with Crippen LogP contribution in [0.4, 0.5) is 0 Å². The van der Waals surface area contributed by atoms with Crippen molar-refractivity contribution in [1.29, 1.82) is 0 Å². The highest BCUT2D eigenvalue weighted by Gasteiger charge is 2.44. The topological polar surface area (TPSA) is 22.4 Å². The second-order valence-corrected chi connectivity index (χ2v) is 5.59. The Morgan fingerprint density at radius 3 is 2.82 bits per heavy atom. The van der Waals surface area contributed by atoms with E-state index in [1.807, 2.05) is 12.1 Å². The first-order valence-electron chi connectivity index (χ1n) is 6.52.